The molecule has 5 nitrogen and oxygen atoms in total. The molecule has 1 heterocycles. The number of benzene rings is 1. The van der Waals surface area contributed by atoms with Gasteiger partial charge < -0.3 is 19.4 Å². The summed E-state index contributed by atoms with van der Waals surface area (Å²) < 4.78 is 50.5. The second kappa shape index (κ2) is 7.39. The van der Waals surface area contributed by atoms with Crippen molar-refractivity contribution in [3.63, 3.8) is 0 Å². The number of ether oxygens (including phenoxy) is 2. The van der Waals surface area contributed by atoms with Crippen molar-refractivity contribution in [3.05, 3.63) is 47.8 Å². The zero-order valence-corrected chi connectivity index (χ0v) is 13.2. The Bertz CT molecular complexity index is 711. The van der Waals surface area contributed by atoms with E-state index < -0.39 is 17.6 Å². The maximum absolute atomic E-state index is 12.9. The van der Waals surface area contributed by atoms with Crippen molar-refractivity contribution in [2.75, 3.05) is 25.6 Å². The molecule has 0 fully saturated rings. The number of nitrogens with zero attached hydrogens (tertiary/aromatic N) is 1. The Kier molecular flexibility index (Phi) is 5.50. The predicted molar refractivity (Wildman–Crippen MR) is 82.2 cm³/mol. The number of alkyl halides is 3. The molecule has 0 aliphatic rings. The molecule has 130 valence electrons. The highest BCUT2D eigenvalue weighted by molar-refractivity contribution is 6.04. The first kappa shape index (κ1) is 17.9. The van der Waals surface area contributed by atoms with Crippen LogP contribution in [0.25, 0.3) is 0 Å². The van der Waals surface area contributed by atoms with Crippen molar-refractivity contribution in [3.8, 4) is 5.75 Å². The Hall–Kier alpha value is -2.48. The summed E-state index contributed by atoms with van der Waals surface area (Å²) in [5.74, 6) is -0.388. The van der Waals surface area contributed by atoms with E-state index in [2.05, 4.69) is 5.32 Å². The minimum absolute atomic E-state index is 0.0490. The van der Waals surface area contributed by atoms with Crippen LogP contribution in [0.15, 0.2) is 36.5 Å². The highest BCUT2D eigenvalue weighted by Crippen LogP contribution is 2.35. The first-order valence-corrected chi connectivity index (χ1v) is 7.08. The third-order valence-electron chi connectivity index (χ3n) is 3.28. The lowest BCUT2D eigenvalue weighted by atomic mass is 10.1. The van der Waals surface area contributed by atoms with Gasteiger partial charge in [0.2, 0.25) is 0 Å². The molecule has 1 aromatic carbocycles. The van der Waals surface area contributed by atoms with E-state index in [0.29, 0.717) is 5.69 Å². The fraction of sp³-hybridized carbons (Fsp3) is 0.312. The van der Waals surface area contributed by atoms with Crippen LogP contribution in [-0.4, -0.2) is 30.8 Å². The molecule has 0 unspecified atom stereocenters. The van der Waals surface area contributed by atoms with Gasteiger partial charge in [-0.15, -0.1) is 0 Å². The van der Waals surface area contributed by atoms with E-state index in [1.165, 1.54) is 13.2 Å². The van der Waals surface area contributed by atoms with Gasteiger partial charge in [-0.05, 0) is 30.3 Å². The molecule has 0 spiro atoms. The maximum atomic E-state index is 12.9. The molecule has 0 bridgehead atoms. The molecular formula is C16H17F3N2O3. The van der Waals surface area contributed by atoms with Crippen LogP contribution in [0.3, 0.4) is 0 Å². The normalized spacial score (nSPS) is 11.4. The number of rotatable bonds is 6. The van der Waals surface area contributed by atoms with E-state index in [0.717, 1.165) is 12.1 Å². The van der Waals surface area contributed by atoms with Crippen LogP contribution in [0.5, 0.6) is 5.75 Å². The number of halogens is 3. The number of hydrogen-bond donors (Lipinski definition) is 1. The van der Waals surface area contributed by atoms with Crippen LogP contribution in [0.2, 0.25) is 0 Å². The highest BCUT2D eigenvalue weighted by Gasteiger charge is 2.31. The Balaban J connectivity index is 2.29. The molecule has 2 aromatic rings. The minimum Gasteiger partial charge on any atom is -0.489 e. The van der Waals surface area contributed by atoms with Crippen LogP contribution in [0.4, 0.5) is 18.9 Å². The second-order valence-corrected chi connectivity index (χ2v) is 5.01. The molecule has 0 radical (unpaired) electrons. The van der Waals surface area contributed by atoms with E-state index in [-0.39, 0.29) is 24.7 Å². The molecule has 0 atom stereocenters. The summed E-state index contributed by atoms with van der Waals surface area (Å²) in [6.07, 6.45) is -2.85. The Labute approximate surface area is 137 Å². The third kappa shape index (κ3) is 4.29. The van der Waals surface area contributed by atoms with Crippen LogP contribution in [0.1, 0.15) is 16.1 Å². The zero-order valence-electron chi connectivity index (χ0n) is 13.2. The molecule has 2 rings (SSSR count). The maximum Gasteiger partial charge on any atom is 0.416 e. The minimum atomic E-state index is -4.52. The Morgan fingerprint density at radius 1 is 1.25 bits per heavy atom. The molecule has 0 aliphatic heterocycles. The first-order chi connectivity index (χ1) is 11.3. The summed E-state index contributed by atoms with van der Waals surface area (Å²) >= 11 is 0. The lowest BCUT2D eigenvalue weighted by Crippen LogP contribution is -2.17. The molecule has 0 saturated heterocycles. The molecule has 1 aromatic heterocycles. The standard InChI is InChI=1S/C16H17F3N2O3/c1-21-7-3-4-13(21)15(22)20-12-10-11(16(17,18)19)5-6-14(12)24-9-8-23-2/h3-7,10H,8-9H2,1-2H3,(H,20,22). The number of methoxy groups -OCH3 is 1. The van der Waals surface area contributed by atoms with Crippen LogP contribution >= 0.6 is 0 Å². The lowest BCUT2D eigenvalue weighted by molar-refractivity contribution is -0.137. The molecule has 1 N–H and O–H groups in total. The fourth-order valence-corrected chi connectivity index (χ4v) is 2.05. The third-order valence-corrected chi connectivity index (χ3v) is 3.28. The topological polar surface area (TPSA) is 52.5 Å². The van der Waals surface area contributed by atoms with E-state index >= 15 is 0 Å². The highest BCUT2D eigenvalue weighted by atomic mass is 19.4. The van der Waals surface area contributed by atoms with Gasteiger partial charge >= 0.3 is 6.18 Å². The average Bonchev–Trinajstić information content (AvgIpc) is 2.94. The quantitative estimate of drug-likeness (QED) is 0.820. The van der Waals surface area contributed by atoms with Gasteiger partial charge in [0.05, 0.1) is 17.9 Å². The van der Waals surface area contributed by atoms with Gasteiger partial charge in [-0.2, -0.15) is 13.2 Å². The van der Waals surface area contributed by atoms with Gasteiger partial charge in [-0.1, -0.05) is 0 Å². The van der Waals surface area contributed by atoms with Crippen LogP contribution in [-0.2, 0) is 18.0 Å². The largest absolute Gasteiger partial charge is 0.489 e. The number of hydrogen-bond acceptors (Lipinski definition) is 3. The van der Waals surface area contributed by atoms with Crippen molar-refractivity contribution in [1.29, 1.82) is 0 Å². The van der Waals surface area contributed by atoms with Crippen molar-refractivity contribution < 1.29 is 27.4 Å². The zero-order chi connectivity index (χ0) is 17.7. The lowest BCUT2D eigenvalue weighted by Gasteiger charge is -2.15. The molecule has 1 amide bonds. The number of amides is 1. The van der Waals surface area contributed by atoms with Gasteiger partial charge in [0.1, 0.15) is 18.1 Å². The van der Waals surface area contributed by atoms with E-state index in [9.17, 15) is 18.0 Å². The van der Waals surface area contributed by atoms with Gasteiger partial charge in [0.25, 0.3) is 5.91 Å². The summed E-state index contributed by atoms with van der Waals surface area (Å²) in [7, 11) is 3.14. The van der Waals surface area contributed by atoms with E-state index in [1.54, 1.807) is 29.9 Å². The van der Waals surface area contributed by atoms with Crippen molar-refractivity contribution in [2.24, 2.45) is 7.05 Å². The fourth-order valence-electron chi connectivity index (χ4n) is 2.05. The van der Waals surface area contributed by atoms with Crippen molar-refractivity contribution in [1.82, 2.24) is 4.57 Å². The molecule has 8 heteroatoms. The van der Waals surface area contributed by atoms with E-state index in [1.807, 2.05) is 0 Å². The van der Waals surface area contributed by atoms with Gasteiger partial charge in [-0.3, -0.25) is 4.79 Å². The van der Waals surface area contributed by atoms with Gasteiger partial charge in [-0.25, -0.2) is 0 Å². The molecule has 24 heavy (non-hydrogen) atoms. The second-order valence-electron chi connectivity index (χ2n) is 5.01. The number of aryl methyl sites for hydroxylation is 1. The van der Waals surface area contributed by atoms with Gasteiger partial charge in [0, 0.05) is 20.4 Å². The molecule has 0 saturated carbocycles. The SMILES string of the molecule is COCCOc1ccc(C(F)(F)F)cc1NC(=O)c1cccn1C. The summed E-state index contributed by atoms with van der Waals surface area (Å²) in [6, 6.07) is 6.16. The average molecular weight is 342 g/mol. The first-order valence-electron chi connectivity index (χ1n) is 7.08. The van der Waals surface area contributed by atoms with Crippen molar-refractivity contribution in [2.45, 2.75) is 6.18 Å². The number of anilines is 1. The monoisotopic (exact) mass is 342 g/mol. The Morgan fingerprint density at radius 2 is 2.00 bits per heavy atom. The summed E-state index contributed by atoms with van der Waals surface area (Å²) in [4.78, 5) is 12.2. The molecule has 0 aliphatic carbocycles. The Morgan fingerprint density at radius 3 is 2.58 bits per heavy atom. The molecular weight excluding hydrogens is 325 g/mol. The van der Waals surface area contributed by atoms with Crippen LogP contribution in [0, 0.1) is 0 Å². The number of carbonyl (C=O) groups is 1. The number of nitrogens with one attached hydrogen (secondary N) is 1. The number of carbonyl (C=O) groups excluding carboxylic acids is 1. The van der Waals surface area contributed by atoms with Crippen LogP contribution < -0.4 is 10.1 Å². The van der Waals surface area contributed by atoms with Crippen molar-refractivity contribution >= 4 is 11.6 Å². The van der Waals surface area contributed by atoms with Gasteiger partial charge in [0.15, 0.2) is 0 Å². The number of aromatic nitrogens is 1. The predicted octanol–water partition coefficient (Wildman–Crippen LogP) is 3.32. The summed E-state index contributed by atoms with van der Waals surface area (Å²) in [5.41, 5.74) is -0.605. The summed E-state index contributed by atoms with van der Waals surface area (Å²) in [5, 5.41) is 2.47. The smallest absolute Gasteiger partial charge is 0.416 e. The van der Waals surface area contributed by atoms with E-state index in [4.69, 9.17) is 9.47 Å². The summed E-state index contributed by atoms with van der Waals surface area (Å²) in [6.45, 7) is 0.418.